The molecule has 0 bridgehead atoms. The SMILES string of the molecule is CS(=O)(=O)/C=C\C(=C/c1ccccc1)[N+](=O)[O-]. The van der Waals surface area contributed by atoms with Gasteiger partial charge in [-0.2, -0.15) is 0 Å². The molecule has 0 amide bonds. The van der Waals surface area contributed by atoms with E-state index >= 15 is 0 Å². The Kier molecular flexibility index (Phi) is 4.17. The van der Waals surface area contributed by atoms with Crippen molar-refractivity contribution in [1.29, 1.82) is 0 Å². The molecule has 0 aliphatic heterocycles. The van der Waals surface area contributed by atoms with Crippen molar-refractivity contribution >= 4 is 15.9 Å². The second kappa shape index (κ2) is 5.40. The first-order valence-electron chi connectivity index (χ1n) is 4.68. The first kappa shape index (κ1) is 13.1. The summed E-state index contributed by atoms with van der Waals surface area (Å²) in [5, 5.41) is 11.5. The maximum absolute atomic E-state index is 10.9. The summed E-state index contributed by atoms with van der Waals surface area (Å²) in [6, 6.07) is 8.65. The van der Waals surface area contributed by atoms with Gasteiger partial charge in [0.15, 0.2) is 9.84 Å². The van der Waals surface area contributed by atoms with Crippen LogP contribution in [0.5, 0.6) is 0 Å². The van der Waals surface area contributed by atoms with Gasteiger partial charge in [0.2, 0.25) is 0 Å². The minimum absolute atomic E-state index is 0.276. The molecule has 0 saturated heterocycles. The first-order valence-corrected chi connectivity index (χ1v) is 6.63. The molecule has 6 heteroatoms. The normalized spacial score (nSPS) is 12.9. The lowest BCUT2D eigenvalue weighted by atomic mass is 10.2. The van der Waals surface area contributed by atoms with Crippen LogP contribution in [0.25, 0.3) is 6.08 Å². The van der Waals surface area contributed by atoms with Gasteiger partial charge in [0, 0.05) is 23.8 Å². The fraction of sp³-hybridized carbons (Fsp3) is 0.0909. The number of allylic oxidation sites excluding steroid dienone is 1. The van der Waals surface area contributed by atoms with Crippen LogP contribution in [0, 0.1) is 10.1 Å². The van der Waals surface area contributed by atoms with Crippen molar-refractivity contribution in [3.63, 3.8) is 0 Å². The van der Waals surface area contributed by atoms with E-state index in [1.165, 1.54) is 6.08 Å². The summed E-state index contributed by atoms with van der Waals surface area (Å²) in [6.07, 6.45) is 3.26. The fourth-order valence-electron chi connectivity index (χ4n) is 1.08. The smallest absolute Gasteiger partial charge is 0.258 e. The Hall–Kier alpha value is -1.95. The molecule has 90 valence electrons. The van der Waals surface area contributed by atoms with E-state index in [-0.39, 0.29) is 5.70 Å². The summed E-state index contributed by atoms with van der Waals surface area (Å²) in [4.78, 5) is 10.1. The van der Waals surface area contributed by atoms with Crippen LogP contribution in [-0.4, -0.2) is 19.6 Å². The molecule has 1 aromatic rings. The van der Waals surface area contributed by atoms with Crippen LogP contribution >= 0.6 is 0 Å². The van der Waals surface area contributed by atoms with Crippen LogP contribution in [0.2, 0.25) is 0 Å². The zero-order chi connectivity index (χ0) is 12.9. The molecular weight excluding hydrogens is 242 g/mol. The van der Waals surface area contributed by atoms with E-state index in [4.69, 9.17) is 0 Å². The van der Waals surface area contributed by atoms with Crippen LogP contribution in [0.15, 0.2) is 47.5 Å². The van der Waals surface area contributed by atoms with Crippen LogP contribution < -0.4 is 0 Å². The zero-order valence-corrected chi connectivity index (χ0v) is 9.92. The highest BCUT2D eigenvalue weighted by atomic mass is 32.2. The summed E-state index contributed by atoms with van der Waals surface area (Å²) in [6.45, 7) is 0. The third-order valence-corrected chi connectivity index (χ3v) is 2.44. The third-order valence-electron chi connectivity index (χ3n) is 1.81. The van der Waals surface area contributed by atoms with Crippen LogP contribution in [-0.2, 0) is 9.84 Å². The van der Waals surface area contributed by atoms with Gasteiger partial charge in [-0.3, -0.25) is 10.1 Å². The summed E-state index contributed by atoms with van der Waals surface area (Å²) >= 11 is 0. The Balaban J connectivity index is 3.07. The van der Waals surface area contributed by atoms with Crippen molar-refractivity contribution in [3.05, 3.63) is 63.2 Å². The van der Waals surface area contributed by atoms with Crippen molar-refractivity contribution in [3.8, 4) is 0 Å². The third kappa shape index (κ3) is 5.07. The Labute approximate surface area is 99.2 Å². The second-order valence-electron chi connectivity index (χ2n) is 3.37. The van der Waals surface area contributed by atoms with E-state index in [0.717, 1.165) is 17.7 Å². The predicted octanol–water partition coefficient (Wildman–Crippen LogP) is 1.86. The molecule has 0 aliphatic rings. The van der Waals surface area contributed by atoms with E-state index in [1.54, 1.807) is 30.3 Å². The molecule has 0 aliphatic carbocycles. The molecule has 0 spiro atoms. The van der Waals surface area contributed by atoms with Crippen molar-refractivity contribution < 1.29 is 13.3 Å². The second-order valence-corrected chi connectivity index (χ2v) is 5.30. The largest absolute Gasteiger partial charge is 0.270 e. The lowest BCUT2D eigenvalue weighted by molar-refractivity contribution is -0.417. The van der Waals surface area contributed by atoms with E-state index in [2.05, 4.69) is 0 Å². The molecule has 0 radical (unpaired) electrons. The van der Waals surface area contributed by atoms with Gasteiger partial charge >= 0.3 is 0 Å². The predicted molar refractivity (Wildman–Crippen MR) is 65.4 cm³/mol. The molecule has 0 fully saturated rings. The standard InChI is InChI=1S/C11H11NO4S/c1-17(15,16)8-7-11(12(13)14)9-10-5-3-2-4-6-10/h2-9H,1H3/b8-7-,11-9+. The molecule has 0 saturated carbocycles. The number of rotatable bonds is 4. The molecule has 0 heterocycles. The minimum Gasteiger partial charge on any atom is -0.258 e. The quantitative estimate of drug-likeness (QED) is 0.466. The van der Waals surface area contributed by atoms with Crippen LogP contribution in [0.1, 0.15) is 5.56 Å². The van der Waals surface area contributed by atoms with Crippen LogP contribution in [0.4, 0.5) is 0 Å². The minimum atomic E-state index is -3.37. The highest BCUT2D eigenvalue weighted by Gasteiger charge is 2.07. The van der Waals surface area contributed by atoms with Gasteiger partial charge in [-0.1, -0.05) is 30.3 Å². The first-order chi connectivity index (χ1) is 7.88. The molecule has 17 heavy (non-hydrogen) atoms. The molecule has 0 aromatic heterocycles. The molecule has 1 rings (SSSR count). The zero-order valence-electron chi connectivity index (χ0n) is 9.11. The van der Waals surface area contributed by atoms with E-state index in [1.807, 2.05) is 0 Å². The number of nitro groups is 1. The van der Waals surface area contributed by atoms with E-state index < -0.39 is 14.8 Å². The fourth-order valence-corrected chi connectivity index (χ4v) is 1.46. The van der Waals surface area contributed by atoms with E-state index in [9.17, 15) is 18.5 Å². The summed E-state index contributed by atoms with van der Waals surface area (Å²) in [7, 11) is -3.37. The number of hydrogen-bond acceptors (Lipinski definition) is 4. The van der Waals surface area contributed by atoms with Gasteiger partial charge < -0.3 is 0 Å². The Morgan fingerprint density at radius 2 is 1.88 bits per heavy atom. The number of nitrogens with zero attached hydrogens (tertiary/aromatic N) is 1. The van der Waals surface area contributed by atoms with Gasteiger partial charge in [-0.05, 0) is 5.56 Å². The molecule has 0 unspecified atom stereocenters. The summed E-state index contributed by atoms with van der Waals surface area (Å²) in [5.41, 5.74) is 0.360. The van der Waals surface area contributed by atoms with Gasteiger partial charge in [0.1, 0.15) is 0 Å². The van der Waals surface area contributed by atoms with E-state index in [0.29, 0.717) is 5.56 Å². The monoisotopic (exact) mass is 253 g/mol. The van der Waals surface area contributed by atoms with Gasteiger partial charge in [0.05, 0.1) is 4.92 Å². The van der Waals surface area contributed by atoms with Gasteiger partial charge in [-0.25, -0.2) is 8.42 Å². The lowest BCUT2D eigenvalue weighted by Gasteiger charge is -1.93. The van der Waals surface area contributed by atoms with Crippen molar-refractivity contribution in [2.75, 3.05) is 6.26 Å². The molecule has 5 nitrogen and oxygen atoms in total. The van der Waals surface area contributed by atoms with Gasteiger partial charge in [-0.15, -0.1) is 0 Å². The number of sulfone groups is 1. The molecule has 1 aromatic carbocycles. The molecule has 0 atom stereocenters. The Bertz CT molecular complexity index is 558. The maximum atomic E-state index is 10.9. The topological polar surface area (TPSA) is 77.3 Å². The average Bonchev–Trinajstić information content (AvgIpc) is 2.24. The van der Waals surface area contributed by atoms with Crippen molar-refractivity contribution in [1.82, 2.24) is 0 Å². The maximum Gasteiger partial charge on any atom is 0.270 e. The Morgan fingerprint density at radius 3 is 2.35 bits per heavy atom. The number of hydrogen-bond donors (Lipinski definition) is 0. The Morgan fingerprint density at radius 1 is 1.29 bits per heavy atom. The lowest BCUT2D eigenvalue weighted by Crippen LogP contribution is -1.97. The van der Waals surface area contributed by atoms with Crippen LogP contribution in [0.3, 0.4) is 0 Å². The van der Waals surface area contributed by atoms with Crippen molar-refractivity contribution in [2.24, 2.45) is 0 Å². The van der Waals surface area contributed by atoms with Crippen molar-refractivity contribution in [2.45, 2.75) is 0 Å². The molecule has 0 N–H and O–H groups in total. The highest BCUT2D eigenvalue weighted by Crippen LogP contribution is 2.08. The molecular formula is C11H11NO4S. The summed E-state index contributed by atoms with van der Waals surface area (Å²) in [5.74, 6) is 0. The summed E-state index contributed by atoms with van der Waals surface area (Å²) < 4.78 is 21.7. The average molecular weight is 253 g/mol. The highest BCUT2D eigenvalue weighted by molar-refractivity contribution is 7.93. The van der Waals surface area contributed by atoms with Gasteiger partial charge in [0.25, 0.3) is 5.70 Å². The number of benzene rings is 1.